The largest absolute Gasteiger partial charge is 0.573 e. The Morgan fingerprint density at radius 2 is 1.75 bits per heavy atom. The Morgan fingerprint density at radius 1 is 1.08 bits per heavy atom. The van der Waals surface area contributed by atoms with Crippen LogP contribution in [0.25, 0.3) is 0 Å². The Morgan fingerprint density at radius 3 is 2.39 bits per heavy atom. The Bertz CT molecular complexity index is 992. The molecule has 0 spiro atoms. The molecule has 0 aromatic heterocycles. The molecule has 1 N–H and O–H groups in total. The van der Waals surface area contributed by atoms with Gasteiger partial charge in [-0.1, -0.05) is 17.7 Å². The number of ether oxygens (including phenoxy) is 3. The van der Waals surface area contributed by atoms with E-state index in [0.717, 1.165) is 12.1 Å². The van der Waals surface area contributed by atoms with Crippen molar-refractivity contribution < 1.29 is 45.3 Å². The van der Waals surface area contributed by atoms with Crippen LogP contribution >= 0.6 is 24.0 Å². The molecule has 14 heteroatoms. The molecule has 3 rings (SSSR count). The van der Waals surface area contributed by atoms with Crippen LogP contribution in [-0.2, 0) is 4.74 Å². The molecule has 0 bridgehead atoms. The first-order valence-corrected chi connectivity index (χ1v) is 10.8. The van der Waals surface area contributed by atoms with Crippen molar-refractivity contribution in [3.05, 3.63) is 53.6 Å². The number of rotatable bonds is 7. The maximum Gasteiger partial charge on any atom is 0.573 e. The van der Waals surface area contributed by atoms with Gasteiger partial charge in [0.1, 0.15) is 17.6 Å². The molecule has 0 radical (unpaired) electrons. The third kappa shape index (κ3) is 9.82. The van der Waals surface area contributed by atoms with Gasteiger partial charge in [0.05, 0.1) is 0 Å². The highest BCUT2D eigenvalue weighted by atomic mass is 35.5. The van der Waals surface area contributed by atoms with Crippen LogP contribution in [0.5, 0.6) is 11.5 Å². The molecular formula is C22H22Cl2F6N2O4. The minimum absolute atomic E-state index is 0. The number of benzene rings is 2. The lowest BCUT2D eigenvalue weighted by atomic mass is 10.1. The van der Waals surface area contributed by atoms with Crippen molar-refractivity contribution in [2.75, 3.05) is 25.0 Å². The molecule has 2 aromatic rings. The summed E-state index contributed by atoms with van der Waals surface area (Å²) in [5, 5.41) is 2.60. The molecule has 6 nitrogen and oxygen atoms in total. The van der Waals surface area contributed by atoms with Crippen LogP contribution in [0.1, 0.15) is 12.8 Å². The van der Waals surface area contributed by atoms with Crippen LogP contribution < -0.4 is 14.8 Å². The van der Waals surface area contributed by atoms with Gasteiger partial charge in [0.25, 0.3) is 0 Å². The highest BCUT2D eigenvalue weighted by Crippen LogP contribution is 2.29. The van der Waals surface area contributed by atoms with E-state index in [2.05, 4.69) is 14.8 Å². The van der Waals surface area contributed by atoms with Gasteiger partial charge in [-0.15, -0.1) is 25.6 Å². The Balaban J connectivity index is 0.00000456. The number of halogens is 8. The number of likely N-dealkylation sites (tertiary alicyclic amines) is 1. The summed E-state index contributed by atoms with van der Waals surface area (Å²) in [7, 11) is 0. The van der Waals surface area contributed by atoms with Crippen LogP contribution in [0.4, 0.5) is 36.8 Å². The Hall–Kier alpha value is -2.57. The topological polar surface area (TPSA) is 60.0 Å². The quantitative estimate of drug-likeness (QED) is 0.381. The molecule has 36 heavy (non-hydrogen) atoms. The molecule has 2 atom stereocenters. The lowest BCUT2D eigenvalue weighted by molar-refractivity contribution is -0.274. The molecule has 1 fully saturated rings. The first-order valence-electron chi connectivity index (χ1n) is 10.4. The van der Waals surface area contributed by atoms with Crippen LogP contribution in [0.15, 0.2) is 48.5 Å². The normalized spacial score (nSPS) is 17.5. The zero-order valence-electron chi connectivity index (χ0n) is 18.4. The molecule has 1 aliphatic rings. The summed E-state index contributed by atoms with van der Waals surface area (Å²) in [6, 6.07) is 10.6. The molecule has 200 valence electrons. The van der Waals surface area contributed by atoms with Crippen molar-refractivity contribution in [2.45, 2.75) is 37.6 Å². The smallest absolute Gasteiger partial charge is 0.489 e. The summed E-state index contributed by atoms with van der Waals surface area (Å²) in [6.07, 6.45) is -13.0. The van der Waals surface area contributed by atoms with Gasteiger partial charge in [-0.05, 0) is 55.8 Å². The molecule has 1 heterocycles. The first kappa shape index (κ1) is 29.7. The van der Waals surface area contributed by atoms with Gasteiger partial charge in [0.2, 0.25) is 6.10 Å². The lowest BCUT2D eigenvalue weighted by Crippen LogP contribution is -2.49. The highest BCUT2D eigenvalue weighted by molar-refractivity contribution is 6.30. The number of anilines is 1. The van der Waals surface area contributed by atoms with E-state index in [9.17, 15) is 31.1 Å². The Labute approximate surface area is 213 Å². The van der Waals surface area contributed by atoms with Gasteiger partial charge in [-0.3, -0.25) is 10.2 Å². The van der Waals surface area contributed by atoms with Crippen LogP contribution in [-0.4, -0.2) is 55.4 Å². The lowest BCUT2D eigenvalue weighted by Gasteiger charge is -2.35. The molecule has 0 saturated carbocycles. The standard InChI is InChI=1S/C22H21ClF6N2O4.ClH/c23-14-6-8-15(9-7-14)30-20(32)34-19(21(24,25)26)13-31-10-2-5-18(12-31)33-16-3-1-4-17(11-16)35-22(27,28)29;/h1,3-4,6-9,11,18-19H,2,5,10,12-13H2,(H,30,32);1H/t18-,19?;/m0./s1. The second kappa shape index (κ2) is 12.6. The predicted molar refractivity (Wildman–Crippen MR) is 122 cm³/mol. The summed E-state index contributed by atoms with van der Waals surface area (Å²) in [5.74, 6) is -0.385. The predicted octanol–water partition coefficient (Wildman–Crippen LogP) is 6.68. The van der Waals surface area contributed by atoms with Crippen molar-refractivity contribution in [3.8, 4) is 11.5 Å². The zero-order valence-corrected chi connectivity index (χ0v) is 20.0. The third-order valence-electron chi connectivity index (χ3n) is 4.93. The van der Waals surface area contributed by atoms with Crippen LogP contribution in [0, 0.1) is 0 Å². The van der Waals surface area contributed by atoms with E-state index in [4.69, 9.17) is 16.3 Å². The van der Waals surface area contributed by atoms with Crippen LogP contribution in [0.2, 0.25) is 5.02 Å². The van der Waals surface area contributed by atoms with Gasteiger partial charge in [-0.25, -0.2) is 4.79 Å². The molecule has 1 amide bonds. The maximum atomic E-state index is 13.6. The average molecular weight is 563 g/mol. The summed E-state index contributed by atoms with van der Waals surface area (Å²) in [5.41, 5.74) is 0.212. The fourth-order valence-electron chi connectivity index (χ4n) is 3.46. The second-order valence-corrected chi connectivity index (χ2v) is 8.17. The summed E-state index contributed by atoms with van der Waals surface area (Å²) < 4.78 is 92.1. The number of carbonyl (C=O) groups is 1. The number of hydrogen-bond acceptors (Lipinski definition) is 5. The SMILES string of the molecule is Cl.O=C(Nc1ccc(Cl)cc1)OC(CN1CCC[C@H](Oc2cccc(OC(F)(F)F)c2)C1)C(F)(F)F. The molecule has 2 aromatic carbocycles. The van der Waals surface area contributed by atoms with Crippen molar-refractivity contribution in [1.82, 2.24) is 4.90 Å². The van der Waals surface area contributed by atoms with Gasteiger partial charge < -0.3 is 14.2 Å². The fourth-order valence-corrected chi connectivity index (χ4v) is 3.59. The second-order valence-electron chi connectivity index (χ2n) is 7.73. The summed E-state index contributed by atoms with van der Waals surface area (Å²) in [6.45, 7) is -0.278. The third-order valence-corrected chi connectivity index (χ3v) is 5.19. The van der Waals surface area contributed by atoms with E-state index < -0.39 is 43.1 Å². The fraction of sp³-hybridized carbons (Fsp3) is 0.409. The van der Waals surface area contributed by atoms with Crippen molar-refractivity contribution >= 4 is 35.8 Å². The number of piperidine rings is 1. The molecule has 1 unspecified atom stereocenters. The molecule has 0 aliphatic carbocycles. The molecular weight excluding hydrogens is 541 g/mol. The van der Waals surface area contributed by atoms with E-state index in [0.29, 0.717) is 24.4 Å². The van der Waals surface area contributed by atoms with Gasteiger partial charge >= 0.3 is 18.6 Å². The van der Waals surface area contributed by atoms with E-state index in [1.807, 2.05) is 0 Å². The average Bonchev–Trinajstić information content (AvgIpc) is 2.74. The van der Waals surface area contributed by atoms with Gasteiger partial charge in [-0.2, -0.15) is 13.2 Å². The van der Waals surface area contributed by atoms with Crippen molar-refractivity contribution in [2.24, 2.45) is 0 Å². The summed E-state index contributed by atoms with van der Waals surface area (Å²) in [4.78, 5) is 13.5. The molecule has 1 saturated heterocycles. The number of nitrogens with zero attached hydrogens (tertiary/aromatic N) is 1. The number of nitrogens with one attached hydrogen (secondary N) is 1. The number of hydrogen-bond donors (Lipinski definition) is 1. The molecule has 1 aliphatic heterocycles. The van der Waals surface area contributed by atoms with Crippen LogP contribution in [0.3, 0.4) is 0 Å². The minimum Gasteiger partial charge on any atom is -0.489 e. The van der Waals surface area contributed by atoms with Gasteiger partial charge in [0, 0.05) is 29.9 Å². The Kier molecular flexibility index (Phi) is 10.4. The first-order chi connectivity index (χ1) is 16.4. The highest BCUT2D eigenvalue weighted by Gasteiger charge is 2.44. The van der Waals surface area contributed by atoms with E-state index in [1.165, 1.54) is 41.3 Å². The van der Waals surface area contributed by atoms with Crippen molar-refractivity contribution in [1.29, 1.82) is 0 Å². The minimum atomic E-state index is -4.87. The van der Waals surface area contributed by atoms with E-state index >= 15 is 0 Å². The zero-order chi connectivity index (χ0) is 25.6. The maximum absolute atomic E-state index is 13.6. The number of alkyl halides is 6. The van der Waals surface area contributed by atoms with Crippen molar-refractivity contribution in [3.63, 3.8) is 0 Å². The summed E-state index contributed by atoms with van der Waals surface area (Å²) >= 11 is 5.74. The number of amides is 1. The van der Waals surface area contributed by atoms with Gasteiger partial charge in [0.15, 0.2) is 0 Å². The van der Waals surface area contributed by atoms with E-state index in [1.54, 1.807) is 0 Å². The van der Waals surface area contributed by atoms with E-state index in [-0.39, 0.29) is 30.4 Å². The monoisotopic (exact) mass is 562 g/mol. The number of carbonyl (C=O) groups excluding carboxylic acids is 1.